The van der Waals surface area contributed by atoms with Crippen LogP contribution in [0.2, 0.25) is 0 Å². The second kappa shape index (κ2) is 6.84. The third-order valence-corrected chi connectivity index (χ3v) is 5.81. The molecule has 140 valence electrons. The van der Waals surface area contributed by atoms with Crippen LogP contribution in [0.4, 0.5) is 0 Å². The van der Waals surface area contributed by atoms with Crippen LogP contribution in [0.5, 0.6) is 0 Å². The lowest BCUT2D eigenvalue weighted by molar-refractivity contribution is -0.0379. The second-order valence-electron chi connectivity index (χ2n) is 7.78. The summed E-state index contributed by atoms with van der Waals surface area (Å²) in [6, 6.07) is 0. The first-order valence-electron chi connectivity index (χ1n) is 9.07. The lowest BCUT2D eigenvalue weighted by Gasteiger charge is -2.30. The average molecular weight is 375 g/mol. The van der Waals surface area contributed by atoms with Gasteiger partial charge in [-0.3, -0.25) is 0 Å². The Hall–Kier alpha value is -1.61. The number of fused-ring (bicyclic) bond motifs is 5. The van der Waals surface area contributed by atoms with Crippen molar-refractivity contribution < 1.29 is 4.74 Å². The Morgan fingerprint density at radius 1 is 1.38 bits per heavy atom. The molecule has 3 aromatic heterocycles. The summed E-state index contributed by atoms with van der Waals surface area (Å²) < 4.78 is 7.77. The summed E-state index contributed by atoms with van der Waals surface area (Å²) in [6.07, 6.45) is 3.77. The first kappa shape index (κ1) is 17.8. The summed E-state index contributed by atoms with van der Waals surface area (Å²) in [5.74, 6) is 0.815. The van der Waals surface area contributed by atoms with Crippen LogP contribution >= 0.6 is 11.3 Å². The van der Waals surface area contributed by atoms with E-state index in [1.807, 2.05) is 4.52 Å². The molecule has 3 aromatic rings. The van der Waals surface area contributed by atoms with Crippen LogP contribution in [0.25, 0.3) is 15.9 Å². The van der Waals surface area contributed by atoms with Crippen molar-refractivity contribution in [2.75, 3.05) is 27.2 Å². The van der Waals surface area contributed by atoms with E-state index >= 15 is 0 Å². The molecule has 0 spiro atoms. The zero-order valence-corrected chi connectivity index (χ0v) is 16.7. The summed E-state index contributed by atoms with van der Waals surface area (Å²) in [5.41, 5.74) is 2.09. The highest BCUT2D eigenvalue weighted by molar-refractivity contribution is 7.19. The summed E-state index contributed by atoms with van der Waals surface area (Å²) in [5, 5.41) is 9.18. The van der Waals surface area contributed by atoms with Crippen molar-refractivity contribution in [1.29, 1.82) is 0 Å². The van der Waals surface area contributed by atoms with Crippen molar-refractivity contribution in [3.05, 3.63) is 22.6 Å². The smallest absolute Gasteiger partial charge is 0.168 e. The van der Waals surface area contributed by atoms with Gasteiger partial charge < -0.3 is 15.0 Å². The molecule has 0 radical (unpaired) electrons. The fraction of sp³-hybridized carbons (Fsp3) is 0.611. The predicted molar refractivity (Wildman–Crippen MR) is 104 cm³/mol. The highest BCUT2D eigenvalue weighted by atomic mass is 32.1. The number of hydrogen-bond acceptors (Lipinski definition) is 7. The van der Waals surface area contributed by atoms with Crippen molar-refractivity contribution in [2.45, 2.75) is 45.4 Å². The van der Waals surface area contributed by atoms with Gasteiger partial charge in [0.1, 0.15) is 11.2 Å². The number of aromatic nitrogens is 4. The van der Waals surface area contributed by atoms with Gasteiger partial charge in [-0.1, -0.05) is 0 Å². The van der Waals surface area contributed by atoms with Crippen molar-refractivity contribution in [3.63, 3.8) is 0 Å². The van der Waals surface area contributed by atoms with Crippen molar-refractivity contribution in [1.82, 2.24) is 29.8 Å². The summed E-state index contributed by atoms with van der Waals surface area (Å²) in [6.45, 7) is 7.65. The summed E-state index contributed by atoms with van der Waals surface area (Å²) >= 11 is 1.71. The van der Waals surface area contributed by atoms with Gasteiger partial charge in [-0.25, -0.2) is 14.5 Å². The first-order chi connectivity index (χ1) is 12.4. The first-order valence-corrected chi connectivity index (χ1v) is 9.88. The van der Waals surface area contributed by atoms with Crippen LogP contribution in [0.3, 0.4) is 0 Å². The van der Waals surface area contributed by atoms with E-state index in [0.717, 1.165) is 47.6 Å². The third-order valence-electron chi connectivity index (χ3n) is 4.69. The molecule has 0 bridgehead atoms. The van der Waals surface area contributed by atoms with E-state index in [4.69, 9.17) is 9.72 Å². The normalized spacial score (nSPS) is 16.7. The summed E-state index contributed by atoms with van der Waals surface area (Å²) in [4.78, 5) is 13.9. The molecule has 0 amide bonds. The van der Waals surface area contributed by atoms with Gasteiger partial charge in [-0.2, -0.15) is 0 Å². The maximum Gasteiger partial charge on any atom is 0.168 e. The monoisotopic (exact) mass is 374 g/mol. The van der Waals surface area contributed by atoms with Crippen LogP contribution in [0.1, 0.15) is 36.5 Å². The van der Waals surface area contributed by atoms with E-state index in [-0.39, 0.29) is 5.60 Å². The zero-order valence-electron chi connectivity index (χ0n) is 15.9. The highest BCUT2D eigenvalue weighted by Gasteiger charge is 2.30. The van der Waals surface area contributed by atoms with Gasteiger partial charge in [0.05, 0.1) is 24.1 Å². The number of nitrogens with one attached hydrogen (secondary N) is 1. The standard InChI is InChI=1S/C18H26N6OS/c1-18(2)8-12-13(10-25-18)26-17-15(12)16-21-14(22-24(16)11-20-17)9-19-6-5-7-23(3)4/h11,19H,5-10H2,1-4H3. The number of thiophene rings is 1. The van der Waals surface area contributed by atoms with Crippen molar-refractivity contribution in [2.24, 2.45) is 0 Å². The molecule has 26 heavy (non-hydrogen) atoms. The Balaban J connectivity index is 1.60. The molecule has 0 aliphatic carbocycles. The fourth-order valence-corrected chi connectivity index (χ4v) is 4.45. The van der Waals surface area contributed by atoms with E-state index in [9.17, 15) is 0 Å². The minimum Gasteiger partial charge on any atom is -0.370 e. The van der Waals surface area contributed by atoms with Gasteiger partial charge in [0.25, 0.3) is 0 Å². The van der Waals surface area contributed by atoms with Crippen LogP contribution < -0.4 is 5.32 Å². The number of hydrogen-bond donors (Lipinski definition) is 1. The second-order valence-corrected chi connectivity index (χ2v) is 8.87. The third kappa shape index (κ3) is 3.46. The Kier molecular flexibility index (Phi) is 4.68. The molecule has 1 aliphatic heterocycles. The molecule has 8 heteroatoms. The van der Waals surface area contributed by atoms with Crippen LogP contribution in [0.15, 0.2) is 6.33 Å². The number of rotatable bonds is 6. The zero-order chi connectivity index (χ0) is 18.3. The average Bonchev–Trinajstić information content (AvgIpc) is 3.13. The minimum atomic E-state index is -0.148. The van der Waals surface area contributed by atoms with Gasteiger partial charge in [0, 0.05) is 11.3 Å². The Labute approximate surface area is 157 Å². The molecule has 0 saturated heterocycles. The largest absolute Gasteiger partial charge is 0.370 e. The SMILES string of the molecule is CN(C)CCCNCc1nc2c3c4c(sc3ncn2n1)COC(C)(C)C4. The maximum absolute atomic E-state index is 5.96. The van der Waals surface area contributed by atoms with Gasteiger partial charge in [-0.15, -0.1) is 16.4 Å². The molecule has 0 saturated carbocycles. The lowest BCUT2D eigenvalue weighted by Crippen LogP contribution is -2.31. The van der Waals surface area contributed by atoms with Crippen LogP contribution in [-0.4, -0.2) is 57.3 Å². The molecular weight excluding hydrogens is 348 g/mol. The molecule has 4 heterocycles. The molecule has 1 aliphatic rings. The Morgan fingerprint density at radius 3 is 3.04 bits per heavy atom. The summed E-state index contributed by atoms with van der Waals surface area (Å²) in [7, 11) is 4.19. The number of nitrogens with zero attached hydrogens (tertiary/aromatic N) is 5. The van der Waals surface area contributed by atoms with Crippen molar-refractivity contribution in [3.8, 4) is 0 Å². The molecule has 7 nitrogen and oxygen atoms in total. The highest BCUT2D eigenvalue weighted by Crippen LogP contribution is 2.39. The molecular formula is C18H26N6OS. The van der Waals surface area contributed by atoms with Gasteiger partial charge in [0.2, 0.25) is 0 Å². The topological polar surface area (TPSA) is 67.6 Å². The molecule has 0 aromatic carbocycles. The Morgan fingerprint density at radius 2 is 2.23 bits per heavy atom. The van der Waals surface area contributed by atoms with E-state index in [1.165, 1.54) is 10.4 Å². The van der Waals surface area contributed by atoms with E-state index < -0.39 is 0 Å². The molecule has 0 unspecified atom stereocenters. The quantitative estimate of drug-likeness (QED) is 0.668. The minimum absolute atomic E-state index is 0.148. The molecule has 4 rings (SSSR count). The predicted octanol–water partition coefficient (Wildman–Crippen LogP) is 2.23. The van der Waals surface area contributed by atoms with Crippen LogP contribution in [0, 0.1) is 0 Å². The van der Waals surface area contributed by atoms with E-state index in [2.05, 4.69) is 48.2 Å². The van der Waals surface area contributed by atoms with Crippen molar-refractivity contribution >= 4 is 27.2 Å². The molecule has 0 fully saturated rings. The van der Waals surface area contributed by atoms with E-state index in [0.29, 0.717) is 13.2 Å². The maximum atomic E-state index is 5.96. The fourth-order valence-electron chi connectivity index (χ4n) is 3.38. The van der Waals surface area contributed by atoms with Gasteiger partial charge in [-0.05, 0) is 53.0 Å². The lowest BCUT2D eigenvalue weighted by atomic mass is 9.94. The Bertz CT molecular complexity index is 929. The number of ether oxygens (including phenoxy) is 1. The van der Waals surface area contributed by atoms with Crippen LogP contribution in [-0.2, 0) is 24.3 Å². The van der Waals surface area contributed by atoms with Gasteiger partial charge in [0.15, 0.2) is 11.5 Å². The van der Waals surface area contributed by atoms with E-state index in [1.54, 1.807) is 17.7 Å². The molecule has 0 atom stereocenters. The molecule has 1 N–H and O–H groups in total. The van der Waals surface area contributed by atoms with Gasteiger partial charge >= 0.3 is 0 Å².